The minimum atomic E-state index is -0.0607. The molecule has 6 nitrogen and oxygen atoms in total. The highest BCUT2D eigenvalue weighted by Gasteiger charge is 2.22. The van der Waals surface area contributed by atoms with Gasteiger partial charge in [0.1, 0.15) is 0 Å². The molecule has 0 saturated carbocycles. The van der Waals surface area contributed by atoms with E-state index in [0.29, 0.717) is 30.2 Å². The largest absolute Gasteiger partial charge is 0.334 e. The number of nitriles is 1. The fourth-order valence-electron chi connectivity index (χ4n) is 3.11. The molecule has 0 bridgehead atoms. The highest BCUT2D eigenvalue weighted by Crippen LogP contribution is 2.20. The van der Waals surface area contributed by atoms with E-state index < -0.39 is 0 Å². The Labute approximate surface area is 157 Å². The summed E-state index contributed by atoms with van der Waals surface area (Å²) in [5, 5.41) is 11.9. The Bertz CT molecular complexity index is 1010. The predicted molar refractivity (Wildman–Crippen MR) is 101 cm³/mol. The summed E-state index contributed by atoms with van der Waals surface area (Å²) in [5.41, 5.74) is 4.34. The number of carbonyl (C=O) groups is 1. The summed E-state index contributed by atoms with van der Waals surface area (Å²) in [6.45, 7) is 1.31. The molecular weight excluding hydrogens is 338 g/mol. The van der Waals surface area contributed by atoms with Crippen molar-refractivity contribution in [3.05, 3.63) is 83.2 Å². The minimum Gasteiger partial charge on any atom is -0.334 e. The van der Waals surface area contributed by atoms with Gasteiger partial charge in [-0.3, -0.25) is 4.79 Å². The first-order valence-electron chi connectivity index (χ1n) is 8.68. The van der Waals surface area contributed by atoms with Gasteiger partial charge >= 0.3 is 0 Å². The third-order valence-corrected chi connectivity index (χ3v) is 4.59. The van der Waals surface area contributed by atoms with E-state index in [-0.39, 0.29) is 5.91 Å². The van der Waals surface area contributed by atoms with Crippen LogP contribution in [0.15, 0.2) is 60.9 Å². The zero-order valence-electron chi connectivity index (χ0n) is 14.6. The smallest absolute Gasteiger partial charge is 0.257 e. The topological polar surface area (TPSA) is 81.9 Å². The van der Waals surface area contributed by atoms with Crippen LogP contribution in [-0.4, -0.2) is 27.3 Å². The number of hydrogen-bond acceptors (Lipinski definition) is 5. The molecule has 0 atom stereocenters. The van der Waals surface area contributed by atoms with Crippen molar-refractivity contribution in [1.29, 1.82) is 5.26 Å². The lowest BCUT2D eigenvalue weighted by Crippen LogP contribution is -2.36. The van der Waals surface area contributed by atoms with Crippen LogP contribution in [0, 0.1) is 11.3 Å². The van der Waals surface area contributed by atoms with E-state index in [1.807, 2.05) is 17.0 Å². The molecule has 0 unspecified atom stereocenters. The first-order valence-corrected chi connectivity index (χ1v) is 8.68. The first kappa shape index (κ1) is 16.7. The van der Waals surface area contributed by atoms with Crippen LogP contribution in [0.2, 0.25) is 0 Å². The molecule has 0 fully saturated rings. The summed E-state index contributed by atoms with van der Waals surface area (Å²) in [5.74, 6) is 0.342. The summed E-state index contributed by atoms with van der Waals surface area (Å²) in [6.07, 6.45) is 3.95. The number of carbonyl (C=O) groups excluding carboxylic acids is 1. The van der Waals surface area contributed by atoms with Gasteiger partial charge in [0.2, 0.25) is 5.95 Å². The lowest BCUT2D eigenvalue weighted by atomic mass is 9.99. The number of fused-ring (bicyclic) bond motifs is 1. The van der Waals surface area contributed by atoms with Gasteiger partial charge < -0.3 is 10.2 Å². The van der Waals surface area contributed by atoms with Gasteiger partial charge in [-0.05, 0) is 41.8 Å². The van der Waals surface area contributed by atoms with Crippen molar-refractivity contribution >= 4 is 17.5 Å². The Morgan fingerprint density at radius 1 is 1.04 bits per heavy atom. The zero-order chi connectivity index (χ0) is 18.6. The van der Waals surface area contributed by atoms with Crippen molar-refractivity contribution in [1.82, 2.24) is 14.9 Å². The van der Waals surface area contributed by atoms with Crippen LogP contribution in [-0.2, 0) is 13.0 Å². The number of amides is 1. The third-order valence-electron chi connectivity index (χ3n) is 4.59. The number of rotatable bonds is 3. The van der Waals surface area contributed by atoms with Crippen LogP contribution >= 0.6 is 0 Å². The summed E-state index contributed by atoms with van der Waals surface area (Å²) < 4.78 is 0. The number of aromatic nitrogens is 2. The first-order chi connectivity index (χ1) is 13.2. The van der Waals surface area contributed by atoms with E-state index in [4.69, 9.17) is 5.26 Å². The highest BCUT2D eigenvalue weighted by atomic mass is 16.2. The van der Waals surface area contributed by atoms with E-state index in [9.17, 15) is 4.79 Å². The SMILES string of the molecule is N#Cc1ccc(Nc2ncc(C(=O)N3CCc4ccccc4C3)cn2)cc1. The van der Waals surface area contributed by atoms with E-state index in [1.165, 1.54) is 11.1 Å². The van der Waals surface area contributed by atoms with Gasteiger partial charge in [-0.25, -0.2) is 9.97 Å². The lowest BCUT2D eigenvalue weighted by Gasteiger charge is -2.28. The van der Waals surface area contributed by atoms with Gasteiger partial charge in [0.25, 0.3) is 5.91 Å². The molecule has 27 heavy (non-hydrogen) atoms. The van der Waals surface area contributed by atoms with Crippen molar-refractivity contribution < 1.29 is 4.79 Å². The summed E-state index contributed by atoms with van der Waals surface area (Å²) >= 11 is 0. The van der Waals surface area contributed by atoms with Crippen molar-refractivity contribution in [3.63, 3.8) is 0 Å². The van der Waals surface area contributed by atoms with Gasteiger partial charge in [-0.1, -0.05) is 24.3 Å². The third kappa shape index (κ3) is 3.62. The second-order valence-electron chi connectivity index (χ2n) is 6.35. The minimum absolute atomic E-state index is 0.0607. The summed E-state index contributed by atoms with van der Waals surface area (Å²) in [7, 11) is 0. The molecule has 0 saturated heterocycles. The molecule has 2 heterocycles. The fourth-order valence-corrected chi connectivity index (χ4v) is 3.11. The predicted octanol–water partition coefficient (Wildman–Crippen LogP) is 3.29. The normalized spacial score (nSPS) is 12.8. The van der Waals surface area contributed by atoms with Crippen LogP contribution < -0.4 is 5.32 Å². The number of hydrogen-bond donors (Lipinski definition) is 1. The van der Waals surface area contributed by atoms with Gasteiger partial charge in [0.05, 0.1) is 17.2 Å². The second kappa shape index (κ2) is 7.26. The number of nitrogens with one attached hydrogen (secondary N) is 1. The zero-order valence-corrected chi connectivity index (χ0v) is 14.6. The van der Waals surface area contributed by atoms with Crippen LogP contribution in [0.4, 0.5) is 11.6 Å². The van der Waals surface area contributed by atoms with Crippen LogP contribution in [0.1, 0.15) is 27.0 Å². The van der Waals surface area contributed by atoms with Crippen LogP contribution in [0.5, 0.6) is 0 Å². The van der Waals surface area contributed by atoms with Gasteiger partial charge in [0, 0.05) is 31.2 Å². The van der Waals surface area contributed by atoms with Gasteiger partial charge in [-0.15, -0.1) is 0 Å². The van der Waals surface area contributed by atoms with Crippen LogP contribution in [0.3, 0.4) is 0 Å². The molecule has 1 N–H and O–H groups in total. The summed E-state index contributed by atoms with van der Waals surface area (Å²) in [6, 6.07) is 17.3. The maximum atomic E-state index is 12.7. The lowest BCUT2D eigenvalue weighted by molar-refractivity contribution is 0.0734. The van der Waals surface area contributed by atoms with Gasteiger partial charge in [0.15, 0.2) is 0 Å². The van der Waals surface area contributed by atoms with E-state index in [2.05, 4.69) is 33.5 Å². The number of benzene rings is 2. The maximum Gasteiger partial charge on any atom is 0.257 e. The molecule has 6 heteroatoms. The Hall–Kier alpha value is -3.72. The Morgan fingerprint density at radius 3 is 2.44 bits per heavy atom. The van der Waals surface area contributed by atoms with E-state index in [1.54, 1.807) is 36.7 Å². The summed E-state index contributed by atoms with van der Waals surface area (Å²) in [4.78, 5) is 23.1. The Balaban J connectivity index is 1.44. The molecular formula is C21H17N5O. The van der Waals surface area contributed by atoms with E-state index in [0.717, 1.165) is 12.1 Å². The van der Waals surface area contributed by atoms with Crippen LogP contribution in [0.25, 0.3) is 0 Å². The Kier molecular flexibility index (Phi) is 4.50. The maximum absolute atomic E-state index is 12.7. The number of anilines is 2. The standard InChI is InChI=1S/C21H17N5O/c22-11-15-5-7-19(8-6-15)25-21-23-12-18(13-24-21)20(27)26-10-9-16-3-1-2-4-17(16)14-26/h1-8,12-13H,9-10,14H2,(H,23,24,25). The van der Waals surface area contributed by atoms with Crippen molar-refractivity contribution in [2.24, 2.45) is 0 Å². The average molecular weight is 355 g/mol. The monoisotopic (exact) mass is 355 g/mol. The average Bonchev–Trinajstić information content (AvgIpc) is 2.74. The molecule has 1 aliphatic rings. The molecule has 0 radical (unpaired) electrons. The number of nitrogens with zero attached hydrogens (tertiary/aromatic N) is 4. The van der Waals surface area contributed by atoms with Crippen molar-refractivity contribution in [3.8, 4) is 6.07 Å². The quantitative estimate of drug-likeness (QED) is 0.779. The Morgan fingerprint density at radius 2 is 1.74 bits per heavy atom. The molecule has 0 spiro atoms. The molecule has 2 aromatic carbocycles. The molecule has 4 rings (SSSR count). The molecule has 1 aliphatic heterocycles. The van der Waals surface area contributed by atoms with E-state index >= 15 is 0 Å². The molecule has 0 aliphatic carbocycles. The molecule has 3 aromatic rings. The van der Waals surface area contributed by atoms with Crippen molar-refractivity contribution in [2.75, 3.05) is 11.9 Å². The highest BCUT2D eigenvalue weighted by molar-refractivity contribution is 5.93. The molecule has 1 aromatic heterocycles. The molecule has 132 valence electrons. The second-order valence-corrected chi connectivity index (χ2v) is 6.35. The molecule has 1 amide bonds. The van der Waals surface area contributed by atoms with Gasteiger partial charge in [-0.2, -0.15) is 5.26 Å². The fraction of sp³-hybridized carbons (Fsp3) is 0.143. The van der Waals surface area contributed by atoms with Crippen molar-refractivity contribution in [2.45, 2.75) is 13.0 Å².